The molecule has 82 valence electrons. The van der Waals surface area contributed by atoms with Gasteiger partial charge in [-0.3, -0.25) is 0 Å². The largest absolute Gasteiger partial charge is 1.00 e. The van der Waals surface area contributed by atoms with Crippen LogP contribution in [0.5, 0.6) is 0 Å². The fraction of sp³-hybridized carbons (Fsp3) is 0.500. The number of aromatic nitrogens is 1. The van der Waals surface area contributed by atoms with E-state index in [1.165, 1.54) is 22.8 Å². The van der Waals surface area contributed by atoms with Gasteiger partial charge in [-0.05, 0) is 12.8 Å². The monoisotopic (exact) mass is 232 g/mol. The van der Waals surface area contributed by atoms with E-state index in [4.69, 9.17) is 0 Å². The summed E-state index contributed by atoms with van der Waals surface area (Å²) in [6, 6.07) is 4.16. The molecule has 0 N–H and O–H groups in total. The maximum Gasteiger partial charge on any atom is 1.00 e. The Hall–Kier alpha value is -0.343. The number of hydrogen-bond donors (Lipinski definition) is 0. The van der Waals surface area contributed by atoms with E-state index < -0.39 is 10.0 Å². The van der Waals surface area contributed by atoms with Crippen molar-refractivity contribution in [3.63, 3.8) is 0 Å². The second-order valence-electron chi connectivity index (χ2n) is 3.57. The number of hydrogen-bond acceptors (Lipinski definition) is 3. The normalized spacial score (nSPS) is 17.8. The van der Waals surface area contributed by atoms with Crippen LogP contribution in [0.2, 0.25) is 0 Å². The van der Waals surface area contributed by atoms with Gasteiger partial charge in [0.2, 0.25) is 10.0 Å². The molecule has 0 aliphatic carbocycles. The molecule has 0 saturated carbocycles. The molecule has 0 atom stereocenters. The van der Waals surface area contributed by atoms with Gasteiger partial charge in [-0.1, -0.05) is 23.7 Å². The summed E-state index contributed by atoms with van der Waals surface area (Å²) in [6.45, 7) is 1.25. The van der Waals surface area contributed by atoms with Gasteiger partial charge < -0.3 is 4.98 Å². The van der Waals surface area contributed by atoms with Crippen LogP contribution in [0.25, 0.3) is 0 Å². The molecule has 1 saturated heterocycles. The Morgan fingerprint density at radius 2 is 1.94 bits per heavy atom. The van der Waals surface area contributed by atoms with Crippen molar-refractivity contribution in [1.29, 1.82) is 0 Å². The Morgan fingerprint density at radius 1 is 1.25 bits per heavy atom. The average Bonchev–Trinajstić information content (AvgIpc) is 2.31. The minimum absolute atomic E-state index is 0. The van der Waals surface area contributed by atoms with Gasteiger partial charge in [0, 0.05) is 13.1 Å². The van der Waals surface area contributed by atoms with Gasteiger partial charge in [-0.15, -0.1) is 0 Å². The zero-order valence-electron chi connectivity index (χ0n) is 9.39. The van der Waals surface area contributed by atoms with Crippen LogP contribution in [0.3, 0.4) is 0 Å². The Labute approximate surface area is 108 Å². The quantitative estimate of drug-likeness (QED) is 0.440. The van der Waals surface area contributed by atoms with Gasteiger partial charge in [0.1, 0.15) is 0 Å². The summed E-state index contributed by atoms with van der Waals surface area (Å²) in [5, 5.41) is 0. The number of rotatable bonds is 2. The third kappa shape index (κ3) is 2.86. The van der Waals surface area contributed by atoms with Crippen LogP contribution < -0.4 is 18.9 Å². The first-order valence-corrected chi connectivity index (χ1v) is 6.47. The van der Waals surface area contributed by atoms with Gasteiger partial charge in [0.15, 0.2) is 0 Å². The SMILES string of the molecule is O=S(=O)(c1[c-]cncc1)N1CCCCC1.[Li+]. The second-order valence-corrected chi connectivity index (χ2v) is 5.47. The smallest absolute Gasteiger partial charge is 0.304 e. The molecule has 1 aliphatic rings. The molecule has 1 fully saturated rings. The van der Waals surface area contributed by atoms with Crippen LogP contribution in [0.1, 0.15) is 19.3 Å². The van der Waals surface area contributed by atoms with E-state index in [0.717, 1.165) is 19.3 Å². The molecule has 2 rings (SSSR count). The molecular formula is C10H13LiN2O2S. The minimum Gasteiger partial charge on any atom is -0.304 e. The fourth-order valence-corrected chi connectivity index (χ4v) is 3.16. The van der Waals surface area contributed by atoms with Crippen molar-refractivity contribution in [2.45, 2.75) is 24.2 Å². The predicted molar refractivity (Wildman–Crippen MR) is 55.7 cm³/mol. The maximum atomic E-state index is 12.1. The van der Waals surface area contributed by atoms with Crippen molar-refractivity contribution in [3.05, 3.63) is 24.5 Å². The van der Waals surface area contributed by atoms with Crippen molar-refractivity contribution in [1.82, 2.24) is 9.29 Å². The summed E-state index contributed by atoms with van der Waals surface area (Å²) in [6.07, 6.45) is 5.88. The molecule has 6 heteroatoms. The summed E-state index contributed by atoms with van der Waals surface area (Å²) in [5.74, 6) is 0. The van der Waals surface area contributed by atoms with E-state index >= 15 is 0 Å². The van der Waals surface area contributed by atoms with Gasteiger partial charge >= 0.3 is 18.9 Å². The van der Waals surface area contributed by atoms with Crippen molar-refractivity contribution >= 4 is 10.0 Å². The van der Waals surface area contributed by atoms with E-state index in [0.29, 0.717) is 13.1 Å². The van der Waals surface area contributed by atoms with Crippen LogP contribution in [-0.4, -0.2) is 30.8 Å². The van der Waals surface area contributed by atoms with Gasteiger partial charge in [-0.2, -0.15) is 6.07 Å². The maximum absolute atomic E-state index is 12.1. The van der Waals surface area contributed by atoms with Crippen LogP contribution in [-0.2, 0) is 10.0 Å². The third-order valence-electron chi connectivity index (χ3n) is 2.53. The van der Waals surface area contributed by atoms with Crippen molar-refractivity contribution in [2.24, 2.45) is 0 Å². The van der Waals surface area contributed by atoms with E-state index in [2.05, 4.69) is 11.1 Å². The first-order valence-electron chi connectivity index (χ1n) is 5.03. The van der Waals surface area contributed by atoms with Crippen LogP contribution in [0, 0.1) is 6.07 Å². The molecule has 2 heterocycles. The third-order valence-corrected chi connectivity index (χ3v) is 4.38. The van der Waals surface area contributed by atoms with Crippen molar-refractivity contribution < 1.29 is 27.3 Å². The number of piperidine rings is 1. The van der Waals surface area contributed by atoms with Crippen molar-refractivity contribution in [3.8, 4) is 0 Å². The summed E-state index contributed by atoms with van der Waals surface area (Å²) < 4.78 is 25.6. The van der Waals surface area contributed by atoms with Crippen LogP contribution in [0.15, 0.2) is 23.4 Å². The van der Waals surface area contributed by atoms with Crippen LogP contribution in [0.4, 0.5) is 0 Å². The van der Waals surface area contributed by atoms with Crippen LogP contribution >= 0.6 is 0 Å². The Balaban J connectivity index is 0.00000128. The zero-order valence-corrected chi connectivity index (χ0v) is 10.2. The second kappa shape index (κ2) is 5.83. The zero-order chi connectivity index (χ0) is 10.7. The number of pyridine rings is 1. The summed E-state index contributed by atoms with van der Waals surface area (Å²) in [5.41, 5.74) is 0. The van der Waals surface area contributed by atoms with E-state index in [-0.39, 0.29) is 23.8 Å². The Morgan fingerprint density at radius 3 is 2.50 bits per heavy atom. The van der Waals surface area contributed by atoms with E-state index in [1.807, 2.05) is 0 Å². The van der Waals surface area contributed by atoms with E-state index in [9.17, 15) is 8.42 Å². The number of nitrogens with zero attached hydrogens (tertiary/aromatic N) is 2. The molecule has 0 bridgehead atoms. The summed E-state index contributed by atoms with van der Waals surface area (Å²) >= 11 is 0. The molecule has 1 aromatic rings. The molecular weight excluding hydrogens is 219 g/mol. The molecule has 1 aliphatic heterocycles. The number of sulfonamides is 1. The molecule has 1 aromatic heterocycles. The molecule has 16 heavy (non-hydrogen) atoms. The predicted octanol–water partition coefficient (Wildman–Crippen LogP) is -1.94. The summed E-state index contributed by atoms with van der Waals surface area (Å²) in [7, 11) is -3.32. The minimum atomic E-state index is -3.32. The van der Waals surface area contributed by atoms with Gasteiger partial charge in [0.05, 0.1) is 0 Å². The first-order chi connectivity index (χ1) is 7.21. The topological polar surface area (TPSA) is 50.3 Å². The molecule has 0 aromatic carbocycles. The van der Waals surface area contributed by atoms with Crippen molar-refractivity contribution in [2.75, 3.05) is 13.1 Å². The van der Waals surface area contributed by atoms with Gasteiger partial charge in [-0.25, -0.2) is 18.8 Å². The Kier molecular flexibility index (Phi) is 5.00. The molecule has 0 unspecified atom stereocenters. The standard InChI is InChI=1S/C10H13N2O2S.Li/c13-15(14,10-4-6-11-7-5-10)12-8-2-1-3-9-12;/h4,6-7H,1-3,8-9H2;/q-1;+1. The molecule has 0 amide bonds. The average molecular weight is 232 g/mol. The fourth-order valence-electron chi connectivity index (χ4n) is 1.71. The molecule has 0 spiro atoms. The molecule has 0 radical (unpaired) electrons. The summed E-state index contributed by atoms with van der Waals surface area (Å²) in [4.78, 5) is 3.99. The van der Waals surface area contributed by atoms with E-state index in [1.54, 1.807) is 0 Å². The van der Waals surface area contributed by atoms with Gasteiger partial charge in [0.25, 0.3) is 0 Å². The first kappa shape index (κ1) is 13.7. The molecule has 4 nitrogen and oxygen atoms in total. The Bertz CT molecular complexity index is 416.